The van der Waals surface area contributed by atoms with E-state index < -0.39 is 16.1 Å². The summed E-state index contributed by atoms with van der Waals surface area (Å²) in [6.45, 7) is 2.01. The number of hydrogen-bond donors (Lipinski definition) is 1. The van der Waals surface area contributed by atoms with E-state index >= 15 is 0 Å². The summed E-state index contributed by atoms with van der Waals surface area (Å²) in [4.78, 5) is 25.9. The molecule has 0 bridgehead atoms. The molecule has 0 aliphatic heterocycles. The van der Waals surface area contributed by atoms with Crippen LogP contribution in [0.1, 0.15) is 5.76 Å². The van der Waals surface area contributed by atoms with Crippen molar-refractivity contribution in [2.75, 3.05) is 24.7 Å². The molecule has 0 fully saturated rings. The van der Waals surface area contributed by atoms with Crippen molar-refractivity contribution in [3.05, 3.63) is 65.3 Å². The van der Waals surface area contributed by atoms with Crippen molar-refractivity contribution < 1.29 is 27.3 Å². The number of nitrogens with one attached hydrogen (secondary N) is 1. The van der Waals surface area contributed by atoms with Gasteiger partial charge in [0.1, 0.15) is 24.7 Å². The zero-order valence-corrected chi connectivity index (χ0v) is 20.5. The van der Waals surface area contributed by atoms with Crippen LogP contribution >= 0.6 is 21.6 Å². The van der Waals surface area contributed by atoms with E-state index in [0.29, 0.717) is 28.5 Å². The predicted molar refractivity (Wildman–Crippen MR) is 130 cm³/mol. The molecule has 2 aromatic carbocycles. The summed E-state index contributed by atoms with van der Waals surface area (Å²) in [5.41, 5.74) is 3.01. The van der Waals surface area contributed by atoms with Crippen LogP contribution in [-0.4, -0.2) is 44.4 Å². The molecule has 1 aromatic heterocycles. The maximum atomic E-state index is 12.5. The molecular formula is C21H21N3O7S3. The number of ether oxygens (including phenoxy) is 1. The van der Waals surface area contributed by atoms with E-state index in [1.54, 1.807) is 12.1 Å². The number of rotatable bonds is 12. The van der Waals surface area contributed by atoms with Gasteiger partial charge in [-0.2, -0.15) is 0 Å². The summed E-state index contributed by atoms with van der Waals surface area (Å²) < 4.78 is 37.2. The second kappa shape index (κ2) is 12.4. The number of nitrogens with zero attached hydrogens (tertiary/aromatic N) is 2. The Kier molecular flexibility index (Phi) is 9.36. The Balaban J connectivity index is 1.57. The number of aromatic nitrogens is 1. The van der Waals surface area contributed by atoms with Gasteiger partial charge in [-0.15, -0.1) is 4.91 Å². The first-order valence-electron chi connectivity index (χ1n) is 9.93. The first-order valence-corrected chi connectivity index (χ1v) is 13.9. The van der Waals surface area contributed by atoms with Gasteiger partial charge in [-0.05, 0) is 24.6 Å². The van der Waals surface area contributed by atoms with E-state index in [0.717, 1.165) is 11.1 Å². The van der Waals surface area contributed by atoms with Crippen LogP contribution in [0.3, 0.4) is 0 Å². The second-order valence-electron chi connectivity index (χ2n) is 6.65. The van der Waals surface area contributed by atoms with Crippen LogP contribution in [0.15, 0.2) is 69.4 Å². The van der Waals surface area contributed by atoms with Crippen LogP contribution in [0.5, 0.6) is 0 Å². The Morgan fingerprint density at radius 1 is 1.03 bits per heavy atom. The number of carbonyl (C=O) groups excluding carboxylic acids is 1. The second-order valence-corrected chi connectivity index (χ2v) is 11.0. The molecule has 0 spiro atoms. The van der Waals surface area contributed by atoms with Gasteiger partial charge in [0.05, 0.1) is 10.5 Å². The van der Waals surface area contributed by atoms with E-state index in [1.165, 1.54) is 33.7 Å². The van der Waals surface area contributed by atoms with E-state index in [-0.39, 0.29) is 18.1 Å². The number of aryl methyl sites for hydroxylation is 1. The van der Waals surface area contributed by atoms with Crippen molar-refractivity contribution in [3.63, 3.8) is 0 Å². The number of amides is 1. The van der Waals surface area contributed by atoms with Crippen molar-refractivity contribution in [1.82, 2.24) is 9.88 Å². The molecule has 34 heavy (non-hydrogen) atoms. The first-order chi connectivity index (χ1) is 16.4. The van der Waals surface area contributed by atoms with Gasteiger partial charge in [0.2, 0.25) is 0 Å². The Morgan fingerprint density at radius 3 is 2.38 bits per heavy atom. The zero-order chi connectivity index (χ0) is 24.4. The van der Waals surface area contributed by atoms with E-state index in [9.17, 15) is 18.1 Å². The molecule has 1 heterocycles. The highest BCUT2D eigenvalue weighted by Crippen LogP contribution is 2.34. The molecule has 3 aromatic rings. The van der Waals surface area contributed by atoms with Crippen LogP contribution in [0, 0.1) is 11.8 Å². The van der Waals surface area contributed by atoms with Gasteiger partial charge in [-0.3, -0.25) is 0 Å². The third-order valence-corrected chi connectivity index (χ3v) is 8.04. The largest absolute Gasteiger partial charge is 0.448 e. The molecule has 0 aliphatic rings. The molecule has 0 atom stereocenters. The first kappa shape index (κ1) is 25.6. The van der Waals surface area contributed by atoms with Crippen LogP contribution in [0.25, 0.3) is 22.4 Å². The molecule has 13 heteroatoms. The minimum atomic E-state index is -4.11. The predicted octanol–water partition coefficient (Wildman–Crippen LogP) is 4.81. The molecule has 3 rings (SSSR count). The standard InChI is InChI=1S/C21H21N3O7S3/c1-15-19(16-5-3-2-4-6-16)20(22-31-15)17-7-9-18(10-8-17)34(27,28)23-21(25)29-11-13-32-33-14-12-30-24-26/h2-10H,11-14H2,1H3,(H,23,25). The normalized spacial score (nSPS) is 11.1. The lowest BCUT2D eigenvalue weighted by Gasteiger charge is -2.09. The number of benzene rings is 2. The molecule has 0 saturated heterocycles. The van der Waals surface area contributed by atoms with E-state index in [2.05, 4.69) is 15.3 Å². The van der Waals surface area contributed by atoms with Crippen LogP contribution in [0.2, 0.25) is 0 Å². The molecule has 0 aliphatic carbocycles. The molecule has 0 unspecified atom stereocenters. The van der Waals surface area contributed by atoms with Crippen molar-refractivity contribution in [1.29, 1.82) is 0 Å². The summed E-state index contributed by atoms with van der Waals surface area (Å²) in [5, 5.41) is 6.40. The minimum absolute atomic E-state index is 0.0124. The SMILES string of the molecule is Cc1onc(-c2ccc(S(=O)(=O)NC(=O)OCCSSCCON=O)cc2)c1-c1ccccc1. The number of hydrogen-bond acceptors (Lipinski definition) is 11. The van der Waals surface area contributed by atoms with E-state index in [1.807, 2.05) is 42.0 Å². The van der Waals surface area contributed by atoms with Gasteiger partial charge in [0, 0.05) is 17.1 Å². The maximum Gasteiger partial charge on any atom is 0.421 e. The third-order valence-electron chi connectivity index (χ3n) is 4.37. The van der Waals surface area contributed by atoms with Crippen molar-refractivity contribution in [2.45, 2.75) is 11.8 Å². The Bertz CT molecular complexity index is 1200. The Morgan fingerprint density at radius 2 is 1.71 bits per heavy atom. The van der Waals surface area contributed by atoms with E-state index in [4.69, 9.17) is 9.26 Å². The van der Waals surface area contributed by atoms with Crippen LogP contribution in [0.4, 0.5) is 4.79 Å². The highest BCUT2D eigenvalue weighted by molar-refractivity contribution is 8.76. The van der Waals surface area contributed by atoms with Crippen LogP contribution < -0.4 is 4.72 Å². The summed E-state index contributed by atoms with van der Waals surface area (Å²) in [6.07, 6.45) is -1.07. The fourth-order valence-electron chi connectivity index (χ4n) is 2.90. The summed E-state index contributed by atoms with van der Waals surface area (Å²) in [6, 6.07) is 15.6. The molecule has 180 valence electrons. The summed E-state index contributed by atoms with van der Waals surface area (Å²) in [7, 11) is -1.32. The van der Waals surface area contributed by atoms with Crippen molar-refractivity contribution >= 4 is 37.7 Å². The molecule has 1 amide bonds. The summed E-state index contributed by atoms with van der Waals surface area (Å²) in [5.74, 6) is 1.61. The molecule has 0 radical (unpaired) electrons. The zero-order valence-electron chi connectivity index (χ0n) is 18.0. The highest BCUT2D eigenvalue weighted by Gasteiger charge is 2.20. The monoisotopic (exact) mass is 523 g/mol. The third kappa shape index (κ3) is 6.98. The van der Waals surface area contributed by atoms with Gasteiger partial charge in [0.25, 0.3) is 10.0 Å². The number of sulfonamides is 1. The lowest BCUT2D eigenvalue weighted by Crippen LogP contribution is -2.31. The topological polar surface area (TPSA) is 137 Å². The lowest BCUT2D eigenvalue weighted by atomic mass is 10.00. The lowest BCUT2D eigenvalue weighted by molar-refractivity contribution is 0.156. The van der Waals surface area contributed by atoms with Crippen molar-refractivity contribution in [2.24, 2.45) is 5.34 Å². The van der Waals surface area contributed by atoms with Gasteiger partial charge in [-0.1, -0.05) is 69.2 Å². The average molecular weight is 524 g/mol. The van der Waals surface area contributed by atoms with Gasteiger partial charge in [0.15, 0.2) is 5.34 Å². The van der Waals surface area contributed by atoms with Gasteiger partial charge in [-0.25, -0.2) is 17.9 Å². The quantitative estimate of drug-likeness (QED) is 0.152. The van der Waals surface area contributed by atoms with Crippen LogP contribution in [-0.2, 0) is 19.6 Å². The van der Waals surface area contributed by atoms with Crippen molar-refractivity contribution in [3.8, 4) is 22.4 Å². The van der Waals surface area contributed by atoms with Gasteiger partial charge >= 0.3 is 6.09 Å². The minimum Gasteiger partial charge on any atom is -0.448 e. The molecule has 1 N–H and O–H groups in total. The Labute approximate surface area is 204 Å². The number of carbonyl (C=O) groups is 1. The highest BCUT2D eigenvalue weighted by atomic mass is 33.1. The molecule has 0 saturated carbocycles. The average Bonchev–Trinajstić information content (AvgIpc) is 3.22. The van der Waals surface area contributed by atoms with Gasteiger partial charge < -0.3 is 14.1 Å². The fraction of sp³-hybridized carbons (Fsp3) is 0.238. The summed E-state index contributed by atoms with van der Waals surface area (Å²) >= 11 is 0. The maximum absolute atomic E-state index is 12.5. The smallest absolute Gasteiger partial charge is 0.421 e. The molecule has 10 nitrogen and oxygen atoms in total. The molecular weight excluding hydrogens is 502 g/mol. The Hall–Kier alpha value is -3.03. The fourth-order valence-corrected chi connectivity index (χ4v) is 5.43.